The van der Waals surface area contributed by atoms with Crippen LogP contribution >= 0.6 is 0 Å². The van der Waals surface area contributed by atoms with Gasteiger partial charge in [-0.25, -0.2) is 4.98 Å². The maximum atomic E-state index is 11.3. The van der Waals surface area contributed by atoms with E-state index in [0.717, 1.165) is 18.7 Å². The van der Waals surface area contributed by atoms with Crippen LogP contribution in [0.15, 0.2) is 12.4 Å². The smallest absolute Gasteiger partial charge is 0.292 e. The Bertz CT molecular complexity index is 421. The molecular formula is C8H11N7O. The standard InChI is InChI=1S/C8H11N7O/c16-8(7-12-14-15-13-7)11-3-1-2-6-9-4-5-10-6/h4-5H,1-3H2,(H,9,10)(H,11,16)(H,12,13,14,15). The number of amides is 1. The summed E-state index contributed by atoms with van der Waals surface area (Å²) in [5.74, 6) is 0.639. The molecule has 0 aliphatic carbocycles. The van der Waals surface area contributed by atoms with Crippen LogP contribution in [-0.4, -0.2) is 43.0 Å². The monoisotopic (exact) mass is 221 g/mol. The fourth-order valence-corrected chi connectivity index (χ4v) is 1.23. The minimum absolute atomic E-state index is 0.0537. The van der Waals surface area contributed by atoms with Crippen molar-refractivity contribution in [3.8, 4) is 0 Å². The van der Waals surface area contributed by atoms with E-state index in [4.69, 9.17) is 0 Å². The van der Waals surface area contributed by atoms with Crippen LogP contribution in [0.1, 0.15) is 22.9 Å². The zero-order valence-electron chi connectivity index (χ0n) is 8.47. The highest BCUT2D eigenvalue weighted by Gasteiger charge is 2.08. The van der Waals surface area contributed by atoms with Crippen molar-refractivity contribution in [1.82, 2.24) is 35.9 Å². The molecule has 2 heterocycles. The van der Waals surface area contributed by atoms with Crippen LogP contribution in [-0.2, 0) is 6.42 Å². The lowest BCUT2D eigenvalue weighted by atomic mass is 10.3. The molecule has 2 aromatic rings. The third-order valence-corrected chi connectivity index (χ3v) is 1.98. The van der Waals surface area contributed by atoms with Gasteiger partial charge in [0, 0.05) is 25.4 Å². The van der Waals surface area contributed by atoms with E-state index in [1.165, 1.54) is 0 Å². The van der Waals surface area contributed by atoms with Gasteiger partial charge in [0.2, 0.25) is 0 Å². The molecule has 3 N–H and O–H groups in total. The van der Waals surface area contributed by atoms with Gasteiger partial charge in [0.25, 0.3) is 11.7 Å². The number of hydrogen-bond acceptors (Lipinski definition) is 5. The Hall–Kier alpha value is -2.25. The number of aromatic amines is 2. The fraction of sp³-hybridized carbons (Fsp3) is 0.375. The first kappa shape index (κ1) is 10.3. The lowest BCUT2D eigenvalue weighted by molar-refractivity contribution is 0.0943. The van der Waals surface area contributed by atoms with Crippen molar-refractivity contribution in [3.63, 3.8) is 0 Å². The minimum Gasteiger partial charge on any atom is -0.349 e. The lowest BCUT2D eigenvalue weighted by Crippen LogP contribution is -2.26. The molecule has 1 amide bonds. The molecule has 2 rings (SSSR count). The van der Waals surface area contributed by atoms with Gasteiger partial charge in [0.15, 0.2) is 0 Å². The third-order valence-electron chi connectivity index (χ3n) is 1.98. The van der Waals surface area contributed by atoms with Gasteiger partial charge >= 0.3 is 0 Å². The van der Waals surface area contributed by atoms with Gasteiger partial charge in [0.1, 0.15) is 5.82 Å². The molecular weight excluding hydrogens is 210 g/mol. The summed E-state index contributed by atoms with van der Waals surface area (Å²) in [7, 11) is 0. The zero-order valence-corrected chi connectivity index (χ0v) is 8.47. The van der Waals surface area contributed by atoms with Crippen LogP contribution in [0.2, 0.25) is 0 Å². The maximum absolute atomic E-state index is 11.3. The van der Waals surface area contributed by atoms with Crippen molar-refractivity contribution in [3.05, 3.63) is 24.0 Å². The Balaban J connectivity index is 1.67. The van der Waals surface area contributed by atoms with Crippen LogP contribution in [0.4, 0.5) is 0 Å². The molecule has 0 spiro atoms. The average molecular weight is 221 g/mol. The SMILES string of the molecule is O=C(NCCCc1ncc[nH]1)c1nn[nH]n1. The number of imidazole rings is 1. The Kier molecular flexibility index (Phi) is 3.22. The normalized spacial score (nSPS) is 10.2. The highest BCUT2D eigenvalue weighted by Crippen LogP contribution is 1.93. The van der Waals surface area contributed by atoms with E-state index >= 15 is 0 Å². The molecule has 8 heteroatoms. The summed E-state index contributed by atoms with van der Waals surface area (Å²) in [6.07, 6.45) is 5.07. The minimum atomic E-state index is -0.326. The van der Waals surface area contributed by atoms with Gasteiger partial charge < -0.3 is 10.3 Å². The van der Waals surface area contributed by atoms with Crippen molar-refractivity contribution >= 4 is 5.91 Å². The molecule has 0 aliphatic heterocycles. The summed E-state index contributed by atoms with van der Waals surface area (Å²) in [6, 6.07) is 0. The predicted octanol–water partition coefficient (Wildman–Crippen LogP) is -0.715. The van der Waals surface area contributed by atoms with E-state index in [-0.39, 0.29) is 11.7 Å². The summed E-state index contributed by atoms with van der Waals surface area (Å²) in [4.78, 5) is 18.4. The number of carbonyl (C=O) groups excluding carboxylic acids is 1. The molecule has 8 nitrogen and oxygen atoms in total. The van der Waals surface area contributed by atoms with E-state index < -0.39 is 0 Å². The van der Waals surface area contributed by atoms with Crippen LogP contribution in [0.5, 0.6) is 0 Å². The van der Waals surface area contributed by atoms with Gasteiger partial charge in [-0.05, 0) is 11.6 Å². The Labute approximate surface area is 90.9 Å². The molecule has 0 aliphatic rings. The Morgan fingerprint density at radius 3 is 3.12 bits per heavy atom. The number of aryl methyl sites for hydroxylation is 1. The number of nitrogens with one attached hydrogen (secondary N) is 3. The van der Waals surface area contributed by atoms with Gasteiger partial charge in [-0.3, -0.25) is 4.79 Å². The topological polar surface area (TPSA) is 112 Å². The van der Waals surface area contributed by atoms with Gasteiger partial charge in [-0.2, -0.15) is 5.21 Å². The number of hydrogen-bond donors (Lipinski definition) is 3. The molecule has 0 radical (unpaired) electrons. The lowest BCUT2D eigenvalue weighted by Gasteiger charge is -2.00. The Morgan fingerprint density at radius 2 is 2.44 bits per heavy atom. The summed E-state index contributed by atoms with van der Waals surface area (Å²) in [6.45, 7) is 0.550. The first-order valence-electron chi connectivity index (χ1n) is 4.86. The van der Waals surface area contributed by atoms with Crippen molar-refractivity contribution < 1.29 is 4.79 Å². The number of carbonyl (C=O) groups is 1. The quantitative estimate of drug-likeness (QED) is 0.577. The molecule has 2 aromatic heterocycles. The van der Waals surface area contributed by atoms with E-state index in [9.17, 15) is 4.79 Å². The number of aromatic nitrogens is 6. The highest BCUT2D eigenvalue weighted by molar-refractivity contribution is 5.89. The van der Waals surface area contributed by atoms with Crippen molar-refractivity contribution in [2.45, 2.75) is 12.8 Å². The molecule has 0 aromatic carbocycles. The summed E-state index contributed by atoms with van der Waals surface area (Å²) in [5.41, 5.74) is 0. The summed E-state index contributed by atoms with van der Waals surface area (Å²) >= 11 is 0. The first-order valence-corrected chi connectivity index (χ1v) is 4.86. The maximum Gasteiger partial charge on any atom is 0.292 e. The summed E-state index contributed by atoms with van der Waals surface area (Å²) < 4.78 is 0. The largest absolute Gasteiger partial charge is 0.349 e. The zero-order chi connectivity index (χ0) is 11.2. The third kappa shape index (κ3) is 2.62. The molecule has 16 heavy (non-hydrogen) atoms. The first-order chi connectivity index (χ1) is 7.86. The summed E-state index contributed by atoms with van der Waals surface area (Å²) in [5, 5.41) is 15.3. The molecule has 84 valence electrons. The molecule has 0 saturated carbocycles. The van der Waals surface area contributed by atoms with Crippen LogP contribution < -0.4 is 5.32 Å². The van der Waals surface area contributed by atoms with E-state index in [2.05, 4.69) is 35.9 Å². The number of tetrazole rings is 1. The molecule has 0 atom stereocenters. The molecule has 0 fully saturated rings. The van der Waals surface area contributed by atoms with Crippen molar-refractivity contribution in [2.75, 3.05) is 6.54 Å². The fourth-order valence-electron chi connectivity index (χ4n) is 1.23. The van der Waals surface area contributed by atoms with Crippen molar-refractivity contribution in [1.29, 1.82) is 0 Å². The second-order valence-corrected chi connectivity index (χ2v) is 3.13. The van der Waals surface area contributed by atoms with E-state index in [1.807, 2.05) is 0 Å². The van der Waals surface area contributed by atoms with Crippen LogP contribution in [0, 0.1) is 0 Å². The van der Waals surface area contributed by atoms with Crippen LogP contribution in [0.3, 0.4) is 0 Å². The number of rotatable bonds is 5. The highest BCUT2D eigenvalue weighted by atomic mass is 16.2. The van der Waals surface area contributed by atoms with E-state index in [1.54, 1.807) is 12.4 Å². The molecule has 0 bridgehead atoms. The second kappa shape index (κ2) is 5.01. The second-order valence-electron chi connectivity index (χ2n) is 3.13. The van der Waals surface area contributed by atoms with Crippen molar-refractivity contribution in [2.24, 2.45) is 0 Å². The number of H-pyrrole nitrogens is 2. The molecule has 0 unspecified atom stereocenters. The van der Waals surface area contributed by atoms with Gasteiger partial charge in [-0.1, -0.05) is 0 Å². The number of nitrogens with zero attached hydrogens (tertiary/aromatic N) is 4. The van der Waals surface area contributed by atoms with Gasteiger partial charge in [-0.15, -0.1) is 10.2 Å². The van der Waals surface area contributed by atoms with E-state index in [0.29, 0.717) is 6.54 Å². The van der Waals surface area contributed by atoms with Crippen LogP contribution in [0.25, 0.3) is 0 Å². The predicted molar refractivity (Wildman–Crippen MR) is 53.4 cm³/mol. The Morgan fingerprint density at radius 1 is 1.50 bits per heavy atom. The average Bonchev–Trinajstić information content (AvgIpc) is 2.96. The molecule has 0 saturated heterocycles. The van der Waals surface area contributed by atoms with Gasteiger partial charge in [0.05, 0.1) is 0 Å².